The summed E-state index contributed by atoms with van der Waals surface area (Å²) in [5.41, 5.74) is 0. The summed E-state index contributed by atoms with van der Waals surface area (Å²) in [5, 5.41) is 7.84. The molecule has 1 aromatic heterocycles. The van der Waals surface area contributed by atoms with Crippen molar-refractivity contribution < 1.29 is 0 Å². The molecule has 4 heteroatoms. The average molecular weight is 252 g/mol. The normalized spacial score (nSPS) is 13.2. The molecule has 0 spiro atoms. The predicted octanol–water partition coefficient (Wildman–Crippen LogP) is 2.64. The van der Waals surface area contributed by atoms with Crippen LogP contribution in [-0.4, -0.2) is 27.4 Å². The molecule has 0 aromatic carbocycles. The lowest BCUT2D eigenvalue weighted by Crippen LogP contribution is -2.30. The fraction of sp³-hybridized carbons (Fsp3) is 0.857. The molecule has 0 saturated carbocycles. The third-order valence-corrected chi connectivity index (χ3v) is 3.11. The van der Waals surface area contributed by atoms with Gasteiger partial charge in [0.05, 0.1) is 0 Å². The largest absolute Gasteiger partial charge is 0.314 e. The van der Waals surface area contributed by atoms with Crippen LogP contribution >= 0.6 is 0 Å². The van der Waals surface area contributed by atoms with E-state index in [1.54, 1.807) is 6.33 Å². The molecule has 0 aliphatic heterocycles. The Morgan fingerprint density at radius 1 is 1.28 bits per heavy atom. The summed E-state index contributed by atoms with van der Waals surface area (Å²) < 4.78 is 2.05. The molecule has 4 nitrogen and oxygen atoms in total. The van der Waals surface area contributed by atoms with Gasteiger partial charge in [0.1, 0.15) is 12.2 Å². The zero-order valence-corrected chi connectivity index (χ0v) is 12.3. The van der Waals surface area contributed by atoms with E-state index in [1.165, 1.54) is 12.8 Å². The van der Waals surface area contributed by atoms with E-state index >= 15 is 0 Å². The summed E-state index contributed by atoms with van der Waals surface area (Å²) in [6, 6.07) is 0.554. The highest BCUT2D eigenvalue weighted by Crippen LogP contribution is 2.12. The molecule has 0 radical (unpaired) electrons. The maximum atomic E-state index is 4.41. The SMILES string of the molecule is CCCC(CNC(C)C)Cc1ncnn1CCC. The zero-order chi connectivity index (χ0) is 13.4. The van der Waals surface area contributed by atoms with Crippen molar-refractivity contribution in [1.29, 1.82) is 0 Å². The lowest BCUT2D eigenvalue weighted by atomic mass is 9.99. The van der Waals surface area contributed by atoms with Gasteiger partial charge in [-0.25, -0.2) is 4.98 Å². The zero-order valence-electron chi connectivity index (χ0n) is 12.3. The van der Waals surface area contributed by atoms with Gasteiger partial charge < -0.3 is 5.32 Å². The first-order valence-electron chi connectivity index (χ1n) is 7.27. The first-order chi connectivity index (χ1) is 8.67. The van der Waals surface area contributed by atoms with Gasteiger partial charge in [-0.1, -0.05) is 34.1 Å². The minimum Gasteiger partial charge on any atom is -0.314 e. The van der Waals surface area contributed by atoms with E-state index in [-0.39, 0.29) is 0 Å². The van der Waals surface area contributed by atoms with Gasteiger partial charge in [-0.15, -0.1) is 0 Å². The number of aromatic nitrogens is 3. The van der Waals surface area contributed by atoms with Crippen molar-refractivity contribution in [2.24, 2.45) is 5.92 Å². The first kappa shape index (κ1) is 15.2. The molecule has 0 saturated heterocycles. The van der Waals surface area contributed by atoms with Gasteiger partial charge in [0, 0.05) is 19.0 Å². The second-order valence-corrected chi connectivity index (χ2v) is 5.32. The molecule has 1 N–H and O–H groups in total. The van der Waals surface area contributed by atoms with Crippen LogP contribution in [0.25, 0.3) is 0 Å². The lowest BCUT2D eigenvalue weighted by Gasteiger charge is -2.18. The number of nitrogens with zero attached hydrogens (tertiary/aromatic N) is 3. The fourth-order valence-corrected chi connectivity index (χ4v) is 2.19. The summed E-state index contributed by atoms with van der Waals surface area (Å²) >= 11 is 0. The molecular formula is C14H28N4. The van der Waals surface area contributed by atoms with Crippen molar-refractivity contribution in [1.82, 2.24) is 20.1 Å². The molecule has 104 valence electrons. The Hall–Kier alpha value is -0.900. The Bertz CT molecular complexity index is 319. The number of aryl methyl sites for hydroxylation is 1. The summed E-state index contributed by atoms with van der Waals surface area (Å²) in [5.74, 6) is 1.80. The molecule has 0 bridgehead atoms. The maximum absolute atomic E-state index is 4.41. The van der Waals surface area contributed by atoms with Crippen LogP contribution in [0.15, 0.2) is 6.33 Å². The topological polar surface area (TPSA) is 42.7 Å². The molecule has 1 unspecified atom stereocenters. The van der Waals surface area contributed by atoms with E-state index in [9.17, 15) is 0 Å². The fourth-order valence-electron chi connectivity index (χ4n) is 2.19. The van der Waals surface area contributed by atoms with E-state index in [4.69, 9.17) is 0 Å². The van der Waals surface area contributed by atoms with Crippen LogP contribution in [0, 0.1) is 5.92 Å². The van der Waals surface area contributed by atoms with Gasteiger partial charge in [0.25, 0.3) is 0 Å². The van der Waals surface area contributed by atoms with Crippen molar-refractivity contribution in [2.75, 3.05) is 6.54 Å². The summed E-state index contributed by atoms with van der Waals surface area (Å²) in [6.07, 6.45) is 6.31. The second kappa shape index (κ2) is 8.25. The van der Waals surface area contributed by atoms with Crippen LogP contribution in [0.3, 0.4) is 0 Å². The summed E-state index contributed by atoms with van der Waals surface area (Å²) in [6.45, 7) is 10.9. The van der Waals surface area contributed by atoms with E-state index in [1.807, 2.05) is 0 Å². The predicted molar refractivity (Wildman–Crippen MR) is 75.6 cm³/mol. The second-order valence-electron chi connectivity index (χ2n) is 5.32. The Labute approximate surface area is 111 Å². The van der Waals surface area contributed by atoms with E-state index in [2.05, 4.69) is 47.8 Å². The maximum Gasteiger partial charge on any atom is 0.138 e. The number of hydrogen-bond donors (Lipinski definition) is 1. The molecule has 0 aliphatic rings. The molecule has 0 fully saturated rings. The number of hydrogen-bond acceptors (Lipinski definition) is 3. The van der Waals surface area contributed by atoms with E-state index in [0.29, 0.717) is 12.0 Å². The minimum atomic E-state index is 0.554. The highest BCUT2D eigenvalue weighted by Gasteiger charge is 2.13. The first-order valence-corrected chi connectivity index (χ1v) is 7.27. The Morgan fingerprint density at radius 2 is 2.06 bits per heavy atom. The van der Waals surface area contributed by atoms with Gasteiger partial charge in [-0.2, -0.15) is 5.10 Å². The minimum absolute atomic E-state index is 0.554. The quantitative estimate of drug-likeness (QED) is 0.734. The summed E-state index contributed by atoms with van der Waals surface area (Å²) in [7, 11) is 0. The molecule has 18 heavy (non-hydrogen) atoms. The standard InChI is InChI=1S/C14H28N4/c1-5-7-13(10-15-12(3)4)9-14-16-11-17-18(14)8-6-2/h11-13,15H,5-10H2,1-4H3. The molecular weight excluding hydrogens is 224 g/mol. The highest BCUT2D eigenvalue weighted by molar-refractivity contribution is 4.88. The van der Waals surface area contributed by atoms with Gasteiger partial charge >= 0.3 is 0 Å². The van der Waals surface area contributed by atoms with E-state index < -0.39 is 0 Å². The lowest BCUT2D eigenvalue weighted by molar-refractivity contribution is 0.401. The van der Waals surface area contributed by atoms with Crippen LogP contribution in [0.5, 0.6) is 0 Å². The Kier molecular flexibility index (Phi) is 6.94. The molecule has 1 atom stereocenters. The van der Waals surface area contributed by atoms with Crippen molar-refractivity contribution >= 4 is 0 Å². The smallest absolute Gasteiger partial charge is 0.138 e. The third-order valence-electron chi connectivity index (χ3n) is 3.11. The Morgan fingerprint density at radius 3 is 2.67 bits per heavy atom. The van der Waals surface area contributed by atoms with Crippen LogP contribution < -0.4 is 5.32 Å². The monoisotopic (exact) mass is 252 g/mol. The molecule has 1 heterocycles. The average Bonchev–Trinajstić information content (AvgIpc) is 2.74. The van der Waals surface area contributed by atoms with Crippen LogP contribution in [0.4, 0.5) is 0 Å². The van der Waals surface area contributed by atoms with Crippen molar-refractivity contribution in [3.63, 3.8) is 0 Å². The molecule has 0 amide bonds. The van der Waals surface area contributed by atoms with Gasteiger partial charge in [-0.05, 0) is 25.3 Å². The van der Waals surface area contributed by atoms with Crippen molar-refractivity contribution in [3.8, 4) is 0 Å². The van der Waals surface area contributed by atoms with Crippen molar-refractivity contribution in [2.45, 2.75) is 66.0 Å². The van der Waals surface area contributed by atoms with E-state index in [0.717, 1.165) is 31.8 Å². The molecule has 1 rings (SSSR count). The molecule has 1 aromatic rings. The van der Waals surface area contributed by atoms with Crippen LogP contribution in [0.2, 0.25) is 0 Å². The molecule has 0 aliphatic carbocycles. The number of rotatable bonds is 9. The third kappa shape index (κ3) is 5.17. The highest BCUT2D eigenvalue weighted by atomic mass is 15.3. The summed E-state index contributed by atoms with van der Waals surface area (Å²) in [4.78, 5) is 4.41. The van der Waals surface area contributed by atoms with Crippen molar-refractivity contribution in [3.05, 3.63) is 12.2 Å². The van der Waals surface area contributed by atoms with Gasteiger partial charge in [0.2, 0.25) is 0 Å². The Balaban J connectivity index is 2.55. The van der Waals surface area contributed by atoms with Gasteiger partial charge in [-0.3, -0.25) is 4.68 Å². The van der Waals surface area contributed by atoms with Crippen LogP contribution in [-0.2, 0) is 13.0 Å². The number of nitrogens with one attached hydrogen (secondary N) is 1. The van der Waals surface area contributed by atoms with Gasteiger partial charge in [0.15, 0.2) is 0 Å². The van der Waals surface area contributed by atoms with Crippen LogP contribution in [0.1, 0.15) is 52.8 Å².